The largest absolute Gasteiger partial charge is 0.476 e. The summed E-state index contributed by atoms with van der Waals surface area (Å²) in [6.07, 6.45) is -2.87. The van der Waals surface area contributed by atoms with Gasteiger partial charge in [0.15, 0.2) is 0 Å². The monoisotopic (exact) mass is 226 g/mol. The molecule has 0 bridgehead atoms. The zero-order valence-corrected chi connectivity index (χ0v) is 7.64. The second-order valence-corrected chi connectivity index (χ2v) is 2.78. The van der Waals surface area contributed by atoms with Crippen LogP contribution in [-0.4, -0.2) is 22.8 Å². The lowest BCUT2D eigenvalue weighted by Crippen LogP contribution is -2.13. The predicted octanol–water partition coefficient (Wildman–Crippen LogP) is 2.46. The Morgan fingerprint density at radius 2 is 2.00 bits per heavy atom. The first kappa shape index (κ1) is 11.0. The minimum Gasteiger partial charge on any atom is -0.476 e. The number of hydrogen-bond acceptors (Lipinski definition) is 3. The fourth-order valence-corrected chi connectivity index (χ4v) is 0.744. The number of halogens is 4. The Hall–Kier alpha value is -1.04. The first-order valence-electron chi connectivity index (χ1n) is 3.64. The topological polar surface area (TPSA) is 35.0 Å². The molecule has 0 spiro atoms. The SMILES string of the molecule is FC(F)(F)CCOc1cnc(Cl)cn1. The molecule has 1 aromatic heterocycles. The highest BCUT2D eigenvalue weighted by molar-refractivity contribution is 6.29. The van der Waals surface area contributed by atoms with Gasteiger partial charge in [0.25, 0.3) is 0 Å². The minimum absolute atomic E-state index is 0.0265. The second-order valence-electron chi connectivity index (χ2n) is 2.39. The van der Waals surface area contributed by atoms with Gasteiger partial charge in [-0.1, -0.05) is 11.6 Å². The molecule has 78 valence electrons. The molecule has 0 aliphatic rings. The van der Waals surface area contributed by atoms with Crippen LogP contribution in [0.3, 0.4) is 0 Å². The van der Waals surface area contributed by atoms with Crippen LogP contribution < -0.4 is 4.74 Å². The van der Waals surface area contributed by atoms with Gasteiger partial charge in [-0.2, -0.15) is 13.2 Å². The molecule has 0 amide bonds. The van der Waals surface area contributed by atoms with E-state index in [-0.39, 0.29) is 11.0 Å². The highest BCUT2D eigenvalue weighted by Crippen LogP contribution is 2.19. The zero-order chi connectivity index (χ0) is 10.6. The van der Waals surface area contributed by atoms with Gasteiger partial charge in [0.1, 0.15) is 5.15 Å². The predicted molar refractivity (Wildman–Crippen MR) is 43.2 cm³/mol. The van der Waals surface area contributed by atoms with Gasteiger partial charge in [-0.3, -0.25) is 0 Å². The average molecular weight is 227 g/mol. The summed E-state index contributed by atoms with van der Waals surface area (Å²) in [5, 5.41) is 0.160. The summed E-state index contributed by atoms with van der Waals surface area (Å²) in [5.74, 6) is 0.0265. The van der Waals surface area contributed by atoms with E-state index in [4.69, 9.17) is 11.6 Å². The van der Waals surface area contributed by atoms with Crippen molar-refractivity contribution in [2.45, 2.75) is 12.6 Å². The Bertz CT molecular complexity index is 288. The molecule has 0 unspecified atom stereocenters. The molecule has 3 nitrogen and oxygen atoms in total. The van der Waals surface area contributed by atoms with Crippen LogP contribution in [0.4, 0.5) is 13.2 Å². The molecule has 1 aromatic rings. The number of alkyl halides is 3. The van der Waals surface area contributed by atoms with Gasteiger partial charge in [0.05, 0.1) is 25.4 Å². The van der Waals surface area contributed by atoms with Crippen LogP contribution in [0.15, 0.2) is 12.4 Å². The molecule has 0 fully saturated rings. The summed E-state index contributed by atoms with van der Waals surface area (Å²) in [4.78, 5) is 7.20. The van der Waals surface area contributed by atoms with Gasteiger partial charge < -0.3 is 4.74 Å². The number of hydrogen-bond donors (Lipinski definition) is 0. The summed E-state index contributed by atoms with van der Waals surface area (Å²) in [5.41, 5.74) is 0. The van der Waals surface area contributed by atoms with Crippen LogP contribution >= 0.6 is 11.6 Å². The highest BCUT2D eigenvalue weighted by Gasteiger charge is 2.26. The number of rotatable bonds is 3. The molecule has 1 rings (SSSR count). The third-order valence-electron chi connectivity index (χ3n) is 1.23. The molecule has 7 heteroatoms. The maximum Gasteiger partial charge on any atom is 0.392 e. The van der Waals surface area contributed by atoms with E-state index in [0.717, 1.165) is 0 Å². The van der Waals surface area contributed by atoms with Crippen molar-refractivity contribution in [1.82, 2.24) is 9.97 Å². The van der Waals surface area contributed by atoms with Crippen molar-refractivity contribution in [2.24, 2.45) is 0 Å². The smallest absolute Gasteiger partial charge is 0.392 e. The van der Waals surface area contributed by atoms with Crippen molar-refractivity contribution in [3.05, 3.63) is 17.5 Å². The summed E-state index contributed by atoms with van der Waals surface area (Å²) in [6.45, 7) is -0.472. The van der Waals surface area contributed by atoms with E-state index in [2.05, 4.69) is 14.7 Å². The van der Waals surface area contributed by atoms with Crippen LogP contribution in [0, 0.1) is 0 Å². The molecular formula is C7H6ClF3N2O. The van der Waals surface area contributed by atoms with E-state index in [1.807, 2.05) is 0 Å². The summed E-state index contributed by atoms with van der Waals surface area (Å²) >= 11 is 5.41. The van der Waals surface area contributed by atoms with Crippen molar-refractivity contribution < 1.29 is 17.9 Å². The lowest BCUT2D eigenvalue weighted by Gasteiger charge is -2.06. The minimum atomic E-state index is -4.22. The van der Waals surface area contributed by atoms with Gasteiger partial charge in [0, 0.05) is 0 Å². The van der Waals surface area contributed by atoms with Gasteiger partial charge >= 0.3 is 6.18 Å². The van der Waals surface area contributed by atoms with Crippen molar-refractivity contribution in [3.8, 4) is 5.88 Å². The van der Waals surface area contributed by atoms with E-state index in [9.17, 15) is 13.2 Å². The van der Waals surface area contributed by atoms with Gasteiger partial charge in [-0.05, 0) is 0 Å². The van der Waals surface area contributed by atoms with Gasteiger partial charge in [-0.25, -0.2) is 9.97 Å². The standard InChI is InChI=1S/C7H6ClF3N2O/c8-5-3-13-6(4-12-5)14-2-1-7(9,10)11/h3-4H,1-2H2. The summed E-state index contributed by atoms with van der Waals surface area (Å²) < 4.78 is 39.7. The quantitative estimate of drug-likeness (QED) is 0.794. The van der Waals surface area contributed by atoms with Crippen molar-refractivity contribution >= 4 is 11.6 Å². The second kappa shape index (κ2) is 4.45. The maximum absolute atomic E-state index is 11.7. The normalized spacial score (nSPS) is 11.4. The maximum atomic E-state index is 11.7. The van der Waals surface area contributed by atoms with Crippen molar-refractivity contribution in [2.75, 3.05) is 6.61 Å². The van der Waals surface area contributed by atoms with E-state index in [1.165, 1.54) is 12.4 Å². The van der Waals surface area contributed by atoms with Crippen LogP contribution in [0.1, 0.15) is 6.42 Å². The van der Waals surface area contributed by atoms with Crippen LogP contribution in [0.2, 0.25) is 5.15 Å². The van der Waals surface area contributed by atoms with Gasteiger partial charge in [0.2, 0.25) is 5.88 Å². The molecule has 0 atom stereocenters. The van der Waals surface area contributed by atoms with Crippen LogP contribution in [0.5, 0.6) is 5.88 Å². The molecule has 14 heavy (non-hydrogen) atoms. The number of nitrogens with zero attached hydrogens (tertiary/aromatic N) is 2. The average Bonchev–Trinajstić information content (AvgIpc) is 2.06. The van der Waals surface area contributed by atoms with Crippen LogP contribution in [-0.2, 0) is 0 Å². The summed E-state index contributed by atoms with van der Waals surface area (Å²) in [6, 6.07) is 0. The van der Waals surface area contributed by atoms with E-state index >= 15 is 0 Å². The number of aromatic nitrogens is 2. The molecular weight excluding hydrogens is 221 g/mol. The fourth-order valence-electron chi connectivity index (χ4n) is 0.646. The third kappa shape index (κ3) is 4.27. The Labute approximate surface area is 82.9 Å². The lowest BCUT2D eigenvalue weighted by atomic mass is 10.4. The Balaban J connectivity index is 2.35. The third-order valence-corrected chi connectivity index (χ3v) is 1.43. The first-order chi connectivity index (χ1) is 6.47. The van der Waals surface area contributed by atoms with E-state index in [1.54, 1.807) is 0 Å². The van der Waals surface area contributed by atoms with Crippen molar-refractivity contribution in [1.29, 1.82) is 0 Å². The molecule has 0 N–H and O–H groups in total. The van der Waals surface area contributed by atoms with E-state index in [0.29, 0.717) is 0 Å². The van der Waals surface area contributed by atoms with Crippen molar-refractivity contribution in [3.63, 3.8) is 0 Å². The fraction of sp³-hybridized carbons (Fsp3) is 0.429. The molecule has 1 heterocycles. The Morgan fingerprint density at radius 3 is 2.50 bits per heavy atom. The Kier molecular flexibility index (Phi) is 3.51. The van der Waals surface area contributed by atoms with Crippen LogP contribution in [0.25, 0.3) is 0 Å². The zero-order valence-electron chi connectivity index (χ0n) is 6.88. The highest BCUT2D eigenvalue weighted by atomic mass is 35.5. The molecule has 0 aromatic carbocycles. The number of ether oxygens (including phenoxy) is 1. The van der Waals surface area contributed by atoms with Gasteiger partial charge in [-0.15, -0.1) is 0 Å². The molecule has 0 saturated heterocycles. The molecule has 0 aliphatic carbocycles. The Morgan fingerprint density at radius 1 is 1.29 bits per heavy atom. The molecule has 0 radical (unpaired) electrons. The molecule has 0 aliphatic heterocycles. The first-order valence-corrected chi connectivity index (χ1v) is 4.02. The summed E-state index contributed by atoms with van der Waals surface area (Å²) in [7, 11) is 0. The molecule has 0 saturated carbocycles. The lowest BCUT2D eigenvalue weighted by molar-refractivity contribution is -0.139. The van der Waals surface area contributed by atoms with E-state index < -0.39 is 19.2 Å².